The molecule has 12 heavy (non-hydrogen) atoms. The van der Waals surface area contributed by atoms with Gasteiger partial charge >= 0.3 is 0 Å². The van der Waals surface area contributed by atoms with Crippen molar-refractivity contribution in [1.82, 2.24) is 0 Å². The Bertz CT molecular complexity index is 312. The van der Waals surface area contributed by atoms with Crippen LogP contribution in [0.3, 0.4) is 0 Å². The van der Waals surface area contributed by atoms with Gasteiger partial charge in [-0.15, -0.1) is 0 Å². The molecule has 0 aliphatic carbocycles. The fourth-order valence-corrected chi connectivity index (χ4v) is 0.751. The first kappa shape index (κ1) is 8.41. The summed E-state index contributed by atoms with van der Waals surface area (Å²) >= 11 is 0. The topological polar surface area (TPSA) is 90.3 Å². The van der Waals surface area contributed by atoms with Gasteiger partial charge in [-0.25, -0.2) is 0 Å². The SMILES string of the molecule is O=[N+]([O-])c1cc[n+]([O-])c(CO)c1. The molecule has 0 fully saturated rings. The van der Waals surface area contributed by atoms with E-state index in [0.29, 0.717) is 4.73 Å². The van der Waals surface area contributed by atoms with Crippen molar-refractivity contribution in [1.29, 1.82) is 0 Å². The zero-order valence-electron chi connectivity index (χ0n) is 6.01. The summed E-state index contributed by atoms with van der Waals surface area (Å²) in [6.45, 7) is -0.509. The van der Waals surface area contributed by atoms with Crippen molar-refractivity contribution in [3.63, 3.8) is 0 Å². The summed E-state index contributed by atoms with van der Waals surface area (Å²) in [7, 11) is 0. The molecule has 0 saturated heterocycles. The summed E-state index contributed by atoms with van der Waals surface area (Å²) in [5, 5.41) is 29.5. The monoisotopic (exact) mass is 170 g/mol. The molecular weight excluding hydrogens is 164 g/mol. The van der Waals surface area contributed by atoms with E-state index in [1.165, 1.54) is 0 Å². The Morgan fingerprint density at radius 3 is 2.83 bits per heavy atom. The Balaban J connectivity index is 3.13. The third kappa shape index (κ3) is 1.48. The van der Waals surface area contributed by atoms with E-state index in [1.807, 2.05) is 0 Å². The number of hydrogen-bond donors (Lipinski definition) is 1. The smallest absolute Gasteiger partial charge is 0.281 e. The third-order valence-electron chi connectivity index (χ3n) is 1.35. The van der Waals surface area contributed by atoms with Crippen molar-refractivity contribution < 1.29 is 14.8 Å². The van der Waals surface area contributed by atoms with Gasteiger partial charge in [0.1, 0.15) is 6.61 Å². The van der Waals surface area contributed by atoms with E-state index in [4.69, 9.17) is 5.11 Å². The standard InChI is InChI=1S/C6H6N2O4/c9-4-6-3-5(8(11)12)1-2-7(6)10/h1-3,9H,4H2. The number of aliphatic hydroxyl groups is 1. The molecule has 1 heterocycles. The summed E-state index contributed by atoms with van der Waals surface area (Å²) < 4.78 is 0.382. The molecule has 1 rings (SSSR count). The van der Waals surface area contributed by atoms with Gasteiger partial charge in [0.15, 0.2) is 6.20 Å². The highest BCUT2D eigenvalue weighted by molar-refractivity contribution is 5.26. The van der Waals surface area contributed by atoms with E-state index in [1.54, 1.807) is 0 Å². The average molecular weight is 170 g/mol. The lowest BCUT2D eigenvalue weighted by atomic mass is 10.3. The quantitative estimate of drug-likeness (QED) is 0.286. The van der Waals surface area contributed by atoms with Crippen LogP contribution in [0.2, 0.25) is 0 Å². The van der Waals surface area contributed by atoms with Gasteiger partial charge in [0, 0.05) is 0 Å². The second-order valence-corrected chi connectivity index (χ2v) is 2.12. The predicted molar refractivity (Wildman–Crippen MR) is 38.0 cm³/mol. The molecule has 6 heteroatoms. The van der Waals surface area contributed by atoms with Crippen molar-refractivity contribution in [3.05, 3.63) is 39.3 Å². The second kappa shape index (κ2) is 3.14. The maximum atomic E-state index is 10.8. The Labute approximate surface area is 67.4 Å². The molecule has 0 saturated carbocycles. The molecule has 0 spiro atoms. The van der Waals surface area contributed by atoms with Crippen LogP contribution in [0.1, 0.15) is 5.69 Å². The number of pyridine rings is 1. The first-order valence-corrected chi connectivity index (χ1v) is 3.12. The molecule has 1 aromatic rings. The van der Waals surface area contributed by atoms with Crippen molar-refractivity contribution >= 4 is 5.69 Å². The van der Waals surface area contributed by atoms with Gasteiger partial charge in [0.05, 0.1) is 17.1 Å². The first-order valence-electron chi connectivity index (χ1n) is 3.12. The molecule has 6 nitrogen and oxygen atoms in total. The van der Waals surface area contributed by atoms with Gasteiger partial charge in [0.25, 0.3) is 5.69 Å². The molecule has 1 aromatic heterocycles. The lowest BCUT2D eigenvalue weighted by Crippen LogP contribution is -2.31. The minimum absolute atomic E-state index is 0.0378. The van der Waals surface area contributed by atoms with Crippen LogP contribution in [-0.2, 0) is 6.61 Å². The molecular formula is C6H6N2O4. The van der Waals surface area contributed by atoms with E-state index >= 15 is 0 Å². The van der Waals surface area contributed by atoms with E-state index < -0.39 is 11.5 Å². The van der Waals surface area contributed by atoms with Crippen molar-refractivity contribution in [3.8, 4) is 0 Å². The van der Waals surface area contributed by atoms with Crippen LogP contribution >= 0.6 is 0 Å². The van der Waals surface area contributed by atoms with Gasteiger partial charge in [-0.05, 0) is 0 Å². The van der Waals surface area contributed by atoms with E-state index in [-0.39, 0.29) is 11.4 Å². The Morgan fingerprint density at radius 1 is 1.67 bits per heavy atom. The molecule has 0 bridgehead atoms. The van der Waals surface area contributed by atoms with Crippen LogP contribution in [0.5, 0.6) is 0 Å². The summed E-state index contributed by atoms with van der Waals surface area (Å²) in [5.74, 6) is 0. The zero-order valence-corrected chi connectivity index (χ0v) is 6.01. The van der Waals surface area contributed by atoms with Crippen LogP contribution in [0.25, 0.3) is 0 Å². The van der Waals surface area contributed by atoms with Gasteiger partial charge < -0.3 is 10.3 Å². The average Bonchev–Trinajstić information content (AvgIpc) is 2.05. The van der Waals surface area contributed by atoms with Crippen LogP contribution < -0.4 is 4.73 Å². The van der Waals surface area contributed by atoms with Crippen molar-refractivity contribution in [2.75, 3.05) is 0 Å². The maximum Gasteiger partial charge on any atom is 0.281 e. The first-order chi connectivity index (χ1) is 5.65. The molecule has 0 radical (unpaired) electrons. The van der Waals surface area contributed by atoms with Gasteiger partial charge in [-0.2, -0.15) is 4.73 Å². The van der Waals surface area contributed by atoms with Crippen LogP contribution in [0.4, 0.5) is 5.69 Å². The van der Waals surface area contributed by atoms with Crippen LogP contribution in [0, 0.1) is 15.3 Å². The lowest BCUT2D eigenvalue weighted by Gasteiger charge is -1.99. The summed E-state index contributed by atoms with van der Waals surface area (Å²) in [6, 6.07) is 2.11. The third-order valence-corrected chi connectivity index (χ3v) is 1.35. The molecule has 0 unspecified atom stereocenters. The van der Waals surface area contributed by atoms with E-state index in [0.717, 1.165) is 18.3 Å². The second-order valence-electron chi connectivity index (χ2n) is 2.12. The molecule has 64 valence electrons. The van der Waals surface area contributed by atoms with E-state index in [2.05, 4.69) is 0 Å². The highest BCUT2D eigenvalue weighted by atomic mass is 16.6. The highest BCUT2D eigenvalue weighted by Crippen LogP contribution is 2.08. The fraction of sp³-hybridized carbons (Fsp3) is 0.167. The number of nitrogens with zero attached hydrogens (tertiary/aromatic N) is 2. The van der Waals surface area contributed by atoms with Crippen molar-refractivity contribution in [2.24, 2.45) is 0 Å². The van der Waals surface area contributed by atoms with Crippen molar-refractivity contribution in [2.45, 2.75) is 6.61 Å². The van der Waals surface area contributed by atoms with Gasteiger partial charge in [-0.3, -0.25) is 10.1 Å². The maximum absolute atomic E-state index is 10.8. The number of rotatable bonds is 2. The Kier molecular flexibility index (Phi) is 2.20. The molecule has 0 amide bonds. The molecule has 0 atom stereocenters. The fourth-order valence-electron chi connectivity index (χ4n) is 0.751. The summed E-state index contributed by atoms with van der Waals surface area (Å²) in [6.07, 6.45) is 0.990. The number of hydrogen-bond acceptors (Lipinski definition) is 4. The molecule has 0 aliphatic rings. The highest BCUT2D eigenvalue weighted by Gasteiger charge is 2.12. The molecule has 1 N–H and O–H groups in total. The van der Waals surface area contributed by atoms with Crippen LogP contribution in [-0.4, -0.2) is 10.0 Å². The minimum Gasteiger partial charge on any atom is -0.618 e. The molecule has 0 aliphatic heterocycles. The van der Waals surface area contributed by atoms with Gasteiger partial charge in [-0.1, -0.05) is 0 Å². The number of aromatic nitrogens is 1. The Hall–Kier alpha value is -1.69. The zero-order chi connectivity index (χ0) is 9.14. The normalized spacial score (nSPS) is 9.75. The lowest BCUT2D eigenvalue weighted by molar-refractivity contribution is -0.617. The van der Waals surface area contributed by atoms with Gasteiger partial charge in [0.2, 0.25) is 5.69 Å². The minimum atomic E-state index is -0.626. The molecule has 0 aromatic carbocycles. The largest absolute Gasteiger partial charge is 0.618 e. The van der Waals surface area contributed by atoms with Crippen LogP contribution in [0.15, 0.2) is 18.3 Å². The summed E-state index contributed by atoms with van der Waals surface area (Å²) in [4.78, 5) is 9.57. The van der Waals surface area contributed by atoms with E-state index in [9.17, 15) is 15.3 Å². The predicted octanol–water partition coefficient (Wildman–Crippen LogP) is -0.280. The Morgan fingerprint density at radius 2 is 2.33 bits per heavy atom. The number of nitro groups is 1. The summed E-state index contributed by atoms with van der Waals surface area (Å²) in [5.41, 5.74) is -0.240. The number of aliphatic hydroxyl groups excluding tert-OH is 1.